The molecule has 0 saturated heterocycles. The van der Waals surface area contributed by atoms with Gasteiger partial charge in [-0.2, -0.15) is 13.2 Å². The van der Waals surface area contributed by atoms with E-state index in [-0.39, 0.29) is 18.5 Å². The van der Waals surface area contributed by atoms with E-state index in [4.69, 9.17) is 0 Å². The zero-order valence-electron chi connectivity index (χ0n) is 10.8. The van der Waals surface area contributed by atoms with Crippen LogP contribution in [-0.4, -0.2) is 31.2 Å². The summed E-state index contributed by atoms with van der Waals surface area (Å²) < 4.78 is 35.6. The fourth-order valence-corrected chi connectivity index (χ4v) is 2.46. The normalized spacial score (nSPS) is 29.1. The SMILES string of the molecule is CC1CCC(NC(=O)CNCC(F)(F)F)C(C)C1. The minimum absolute atomic E-state index is 0.0985. The number of nitrogens with one attached hydrogen (secondary N) is 2. The Balaban J connectivity index is 2.24. The van der Waals surface area contributed by atoms with Gasteiger partial charge < -0.3 is 10.6 Å². The quantitative estimate of drug-likeness (QED) is 0.818. The second-order valence-electron chi connectivity index (χ2n) is 5.29. The first-order chi connectivity index (χ1) is 8.28. The van der Waals surface area contributed by atoms with Gasteiger partial charge in [0.15, 0.2) is 0 Å². The van der Waals surface area contributed by atoms with Crippen molar-refractivity contribution in [1.29, 1.82) is 0 Å². The largest absolute Gasteiger partial charge is 0.401 e. The number of carbonyl (C=O) groups excluding carboxylic acids is 1. The molecule has 6 heteroatoms. The van der Waals surface area contributed by atoms with Gasteiger partial charge in [0.1, 0.15) is 0 Å². The molecular weight excluding hydrogens is 245 g/mol. The van der Waals surface area contributed by atoms with Gasteiger partial charge in [0.25, 0.3) is 0 Å². The van der Waals surface area contributed by atoms with E-state index in [2.05, 4.69) is 24.5 Å². The van der Waals surface area contributed by atoms with Crippen LogP contribution < -0.4 is 10.6 Å². The summed E-state index contributed by atoms with van der Waals surface area (Å²) in [6.45, 7) is 2.85. The number of hydrogen-bond acceptors (Lipinski definition) is 2. The molecular formula is C12H21F3N2O. The Morgan fingerprint density at radius 1 is 1.28 bits per heavy atom. The second kappa shape index (κ2) is 6.41. The molecule has 18 heavy (non-hydrogen) atoms. The monoisotopic (exact) mass is 266 g/mol. The second-order valence-corrected chi connectivity index (χ2v) is 5.29. The minimum Gasteiger partial charge on any atom is -0.352 e. The van der Waals surface area contributed by atoms with E-state index in [9.17, 15) is 18.0 Å². The van der Waals surface area contributed by atoms with E-state index in [0.717, 1.165) is 19.3 Å². The number of alkyl halides is 3. The maximum absolute atomic E-state index is 11.9. The van der Waals surface area contributed by atoms with Crippen LogP contribution in [0.15, 0.2) is 0 Å². The first-order valence-electron chi connectivity index (χ1n) is 6.34. The van der Waals surface area contributed by atoms with E-state index < -0.39 is 12.7 Å². The number of carbonyl (C=O) groups is 1. The van der Waals surface area contributed by atoms with Gasteiger partial charge in [0, 0.05) is 6.04 Å². The summed E-state index contributed by atoms with van der Waals surface area (Å²) in [5.74, 6) is 0.697. The lowest BCUT2D eigenvalue weighted by Gasteiger charge is -2.33. The van der Waals surface area contributed by atoms with Gasteiger partial charge in [-0.3, -0.25) is 4.79 Å². The molecule has 0 heterocycles. The Morgan fingerprint density at radius 3 is 2.50 bits per heavy atom. The van der Waals surface area contributed by atoms with Crippen molar-refractivity contribution in [3.05, 3.63) is 0 Å². The van der Waals surface area contributed by atoms with Crippen molar-refractivity contribution in [3.8, 4) is 0 Å². The van der Waals surface area contributed by atoms with Crippen molar-refractivity contribution in [2.45, 2.75) is 45.3 Å². The molecule has 2 N–H and O–H groups in total. The van der Waals surface area contributed by atoms with Gasteiger partial charge in [-0.05, 0) is 31.1 Å². The summed E-state index contributed by atoms with van der Waals surface area (Å²) in [5, 5.41) is 4.91. The molecule has 1 aliphatic rings. The molecule has 0 aromatic rings. The highest BCUT2D eigenvalue weighted by Gasteiger charge is 2.28. The highest BCUT2D eigenvalue weighted by molar-refractivity contribution is 5.78. The summed E-state index contributed by atoms with van der Waals surface area (Å²) in [6, 6.07) is 0.0985. The smallest absolute Gasteiger partial charge is 0.352 e. The maximum atomic E-state index is 11.9. The van der Waals surface area contributed by atoms with Crippen LogP contribution in [0.2, 0.25) is 0 Å². The predicted molar refractivity (Wildman–Crippen MR) is 63.0 cm³/mol. The molecule has 0 aliphatic heterocycles. The zero-order valence-corrected chi connectivity index (χ0v) is 10.8. The Morgan fingerprint density at radius 2 is 1.94 bits per heavy atom. The highest BCUT2D eigenvalue weighted by Crippen LogP contribution is 2.28. The van der Waals surface area contributed by atoms with Gasteiger partial charge in [0.2, 0.25) is 5.91 Å². The summed E-state index contributed by atoms with van der Waals surface area (Å²) >= 11 is 0. The number of halogens is 3. The molecule has 1 amide bonds. The van der Waals surface area contributed by atoms with E-state index >= 15 is 0 Å². The van der Waals surface area contributed by atoms with Crippen molar-refractivity contribution in [3.63, 3.8) is 0 Å². The molecule has 0 spiro atoms. The van der Waals surface area contributed by atoms with Crippen molar-refractivity contribution in [2.75, 3.05) is 13.1 Å². The molecule has 3 nitrogen and oxygen atoms in total. The fourth-order valence-electron chi connectivity index (χ4n) is 2.46. The molecule has 0 bridgehead atoms. The third kappa shape index (κ3) is 5.71. The Kier molecular flexibility index (Phi) is 5.44. The van der Waals surface area contributed by atoms with Gasteiger partial charge in [-0.15, -0.1) is 0 Å². The lowest BCUT2D eigenvalue weighted by molar-refractivity contribution is -0.129. The molecule has 1 saturated carbocycles. The third-order valence-electron chi connectivity index (χ3n) is 3.39. The summed E-state index contributed by atoms with van der Waals surface area (Å²) in [4.78, 5) is 11.5. The number of rotatable bonds is 4. The average molecular weight is 266 g/mol. The fraction of sp³-hybridized carbons (Fsp3) is 0.917. The Bertz CT molecular complexity index is 281. The van der Waals surface area contributed by atoms with E-state index in [0.29, 0.717) is 11.8 Å². The maximum Gasteiger partial charge on any atom is 0.401 e. The van der Waals surface area contributed by atoms with Crippen LogP contribution in [0.4, 0.5) is 13.2 Å². The first-order valence-corrected chi connectivity index (χ1v) is 6.34. The predicted octanol–water partition coefficient (Wildman–Crippen LogP) is 2.08. The summed E-state index contributed by atoms with van der Waals surface area (Å²) in [6.07, 6.45) is -1.24. The molecule has 1 aliphatic carbocycles. The van der Waals surface area contributed by atoms with Gasteiger partial charge in [-0.1, -0.05) is 13.8 Å². The van der Waals surface area contributed by atoms with Gasteiger partial charge >= 0.3 is 6.18 Å². The topological polar surface area (TPSA) is 41.1 Å². The minimum atomic E-state index is -4.27. The lowest BCUT2D eigenvalue weighted by atomic mass is 9.80. The molecule has 0 aromatic heterocycles. The molecule has 0 aromatic carbocycles. The summed E-state index contributed by atoms with van der Waals surface area (Å²) in [7, 11) is 0. The Labute approximate surface area is 106 Å². The average Bonchev–Trinajstić information content (AvgIpc) is 2.20. The van der Waals surface area contributed by atoms with E-state index in [1.165, 1.54) is 0 Å². The van der Waals surface area contributed by atoms with E-state index in [1.54, 1.807) is 0 Å². The van der Waals surface area contributed by atoms with Crippen LogP contribution in [0.3, 0.4) is 0 Å². The van der Waals surface area contributed by atoms with Crippen molar-refractivity contribution in [1.82, 2.24) is 10.6 Å². The molecule has 3 atom stereocenters. The molecule has 0 radical (unpaired) electrons. The van der Waals surface area contributed by atoms with Crippen LogP contribution >= 0.6 is 0 Å². The zero-order chi connectivity index (χ0) is 13.8. The van der Waals surface area contributed by atoms with Crippen LogP contribution in [0.5, 0.6) is 0 Å². The van der Waals surface area contributed by atoms with Crippen LogP contribution in [0.25, 0.3) is 0 Å². The Hall–Kier alpha value is -0.780. The van der Waals surface area contributed by atoms with Crippen LogP contribution in [-0.2, 0) is 4.79 Å². The van der Waals surface area contributed by atoms with E-state index in [1.807, 2.05) is 0 Å². The van der Waals surface area contributed by atoms with Gasteiger partial charge in [-0.25, -0.2) is 0 Å². The first kappa shape index (κ1) is 15.3. The van der Waals surface area contributed by atoms with Crippen LogP contribution in [0, 0.1) is 11.8 Å². The highest BCUT2D eigenvalue weighted by atomic mass is 19.4. The summed E-state index contributed by atoms with van der Waals surface area (Å²) in [5.41, 5.74) is 0. The third-order valence-corrected chi connectivity index (χ3v) is 3.39. The van der Waals surface area contributed by atoms with Crippen molar-refractivity contribution in [2.24, 2.45) is 11.8 Å². The number of hydrogen-bond donors (Lipinski definition) is 2. The van der Waals surface area contributed by atoms with Crippen molar-refractivity contribution >= 4 is 5.91 Å². The molecule has 3 unspecified atom stereocenters. The molecule has 106 valence electrons. The number of amides is 1. The molecule has 1 fully saturated rings. The lowest BCUT2D eigenvalue weighted by Crippen LogP contribution is -2.46. The standard InChI is InChI=1S/C12H21F3N2O/c1-8-3-4-10(9(2)5-8)17-11(18)6-16-7-12(13,14)15/h8-10,16H,3-7H2,1-2H3,(H,17,18). The van der Waals surface area contributed by atoms with Crippen molar-refractivity contribution < 1.29 is 18.0 Å². The van der Waals surface area contributed by atoms with Crippen LogP contribution in [0.1, 0.15) is 33.1 Å². The molecule has 1 rings (SSSR count). The van der Waals surface area contributed by atoms with Gasteiger partial charge in [0.05, 0.1) is 13.1 Å².